The summed E-state index contributed by atoms with van der Waals surface area (Å²) in [6.07, 6.45) is -4.70. The molecule has 0 aromatic carbocycles. The molecule has 0 unspecified atom stereocenters. The van der Waals surface area contributed by atoms with Crippen molar-refractivity contribution in [3.63, 3.8) is 0 Å². The van der Waals surface area contributed by atoms with Gasteiger partial charge in [-0.15, -0.1) is 0 Å². The minimum absolute atomic E-state index is 0.167. The summed E-state index contributed by atoms with van der Waals surface area (Å²) in [6, 6.07) is 0. The molecule has 7 heteroatoms. The molecule has 0 aliphatic rings. The summed E-state index contributed by atoms with van der Waals surface area (Å²) in [7, 11) is 0. The van der Waals surface area contributed by atoms with E-state index in [-0.39, 0.29) is 6.10 Å². The normalized spacial score (nSPS) is 13.9. The molecule has 7 nitrogen and oxygen atoms in total. The highest BCUT2D eigenvalue weighted by molar-refractivity contribution is 5.82. The lowest BCUT2D eigenvalue weighted by Gasteiger charge is -2.07. The lowest BCUT2D eigenvalue weighted by atomic mass is 10.2. The molecule has 84 valence electrons. The van der Waals surface area contributed by atoms with Crippen LogP contribution in [0.3, 0.4) is 0 Å². The van der Waals surface area contributed by atoms with Crippen LogP contribution >= 0.6 is 0 Å². The second-order valence-electron chi connectivity index (χ2n) is 2.66. The summed E-state index contributed by atoms with van der Waals surface area (Å²) in [5.74, 6) is -3.54. The molecule has 0 radical (unpaired) electrons. The maximum absolute atomic E-state index is 9.77. The largest absolute Gasteiger partial charge is 0.479 e. The van der Waals surface area contributed by atoms with E-state index >= 15 is 0 Å². The molecule has 0 spiro atoms. The van der Waals surface area contributed by atoms with Crippen LogP contribution in [0.1, 0.15) is 13.8 Å². The second-order valence-corrected chi connectivity index (χ2v) is 2.66. The van der Waals surface area contributed by atoms with E-state index in [9.17, 15) is 9.59 Å². The van der Waals surface area contributed by atoms with Gasteiger partial charge in [0.25, 0.3) is 0 Å². The Bertz CT molecular complexity index is 168. The Morgan fingerprint density at radius 3 is 1.07 bits per heavy atom. The van der Waals surface area contributed by atoms with Crippen LogP contribution in [0.5, 0.6) is 0 Å². The molecule has 0 bridgehead atoms. The highest BCUT2D eigenvalue weighted by Gasteiger charge is 2.29. The van der Waals surface area contributed by atoms with Gasteiger partial charge in [0.2, 0.25) is 0 Å². The molecule has 5 N–H and O–H groups in total. The van der Waals surface area contributed by atoms with Crippen molar-refractivity contribution in [3.05, 3.63) is 0 Å². The number of carboxylic acid groups (broad SMARTS) is 2. The molecule has 2 atom stereocenters. The number of carbonyl (C=O) groups is 2. The van der Waals surface area contributed by atoms with Gasteiger partial charge in [-0.3, -0.25) is 0 Å². The van der Waals surface area contributed by atoms with Crippen LogP contribution in [0.25, 0.3) is 0 Å². The van der Waals surface area contributed by atoms with Gasteiger partial charge in [-0.1, -0.05) is 0 Å². The van der Waals surface area contributed by atoms with E-state index in [4.69, 9.17) is 25.5 Å². The van der Waals surface area contributed by atoms with Gasteiger partial charge in [0.15, 0.2) is 12.2 Å². The van der Waals surface area contributed by atoms with Gasteiger partial charge in [0, 0.05) is 6.10 Å². The standard InChI is InChI=1S/C4H6O6.C3H8O/c5-1(3(7)8)2(6)4(9)10;1-3(2)4/h1-2,5-6H,(H,7,8)(H,9,10);3-4H,1-2H3/t1-,2-;/m0./s1. The van der Waals surface area contributed by atoms with Gasteiger partial charge in [-0.2, -0.15) is 0 Å². The lowest BCUT2D eigenvalue weighted by Crippen LogP contribution is -2.39. The summed E-state index contributed by atoms with van der Waals surface area (Å²) < 4.78 is 0. The molecule has 0 fully saturated rings. The van der Waals surface area contributed by atoms with Crippen molar-refractivity contribution >= 4 is 11.9 Å². The van der Waals surface area contributed by atoms with Crippen LogP contribution in [-0.2, 0) is 9.59 Å². The molecule has 0 heterocycles. The highest BCUT2D eigenvalue weighted by Crippen LogP contribution is 1.92. The van der Waals surface area contributed by atoms with Crippen molar-refractivity contribution < 1.29 is 35.1 Å². The second kappa shape index (κ2) is 7.25. The molecular weight excluding hydrogens is 196 g/mol. The van der Waals surface area contributed by atoms with Crippen molar-refractivity contribution in [1.82, 2.24) is 0 Å². The van der Waals surface area contributed by atoms with E-state index in [1.165, 1.54) is 0 Å². The monoisotopic (exact) mass is 210 g/mol. The smallest absolute Gasteiger partial charge is 0.335 e. The van der Waals surface area contributed by atoms with Crippen molar-refractivity contribution in [2.75, 3.05) is 0 Å². The average molecular weight is 210 g/mol. The Balaban J connectivity index is 0. The summed E-state index contributed by atoms with van der Waals surface area (Å²) in [5.41, 5.74) is 0. The number of rotatable bonds is 3. The van der Waals surface area contributed by atoms with Gasteiger partial charge >= 0.3 is 11.9 Å². The zero-order valence-electron chi connectivity index (χ0n) is 7.78. The fraction of sp³-hybridized carbons (Fsp3) is 0.714. The zero-order valence-corrected chi connectivity index (χ0v) is 7.78. The summed E-state index contributed by atoms with van der Waals surface area (Å²) >= 11 is 0. The Hall–Kier alpha value is -1.18. The van der Waals surface area contributed by atoms with Gasteiger partial charge in [0.1, 0.15) is 0 Å². The Kier molecular flexibility index (Phi) is 7.92. The van der Waals surface area contributed by atoms with Crippen molar-refractivity contribution in [1.29, 1.82) is 0 Å². The lowest BCUT2D eigenvalue weighted by molar-refractivity contribution is -0.165. The quantitative estimate of drug-likeness (QED) is 0.373. The van der Waals surface area contributed by atoms with Crippen LogP contribution in [0.4, 0.5) is 0 Å². The van der Waals surface area contributed by atoms with E-state index < -0.39 is 24.1 Å². The first kappa shape index (κ1) is 15.3. The van der Waals surface area contributed by atoms with E-state index in [0.717, 1.165) is 0 Å². The predicted octanol–water partition coefficient (Wildman–Crippen LogP) is -1.74. The molecule has 14 heavy (non-hydrogen) atoms. The van der Waals surface area contributed by atoms with Gasteiger partial charge in [-0.25, -0.2) is 9.59 Å². The van der Waals surface area contributed by atoms with Crippen LogP contribution in [0.2, 0.25) is 0 Å². The molecule has 0 aliphatic carbocycles. The van der Waals surface area contributed by atoms with Crippen molar-refractivity contribution in [2.45, 2.75) is 32.2 Å². The van der Waals surface area contributed by atoms with Crippen LogP contribution in [0.15, 0.2) is 0 Å². The van der Waals surface area contributed by atoms with Crippen LogP contribution < -0.4 is 0 Å². The fourth-order valence-electron chi connectivity index (χ4n) is 0.270. The zero-order chi connectivity index (χ0) is 11.9. The number of carboxylic acids is 2. The number of aliphatic carboxylic acids is 2. The van der Waals surface area contributed by atoms with Crippen molar-refractivity contribution in [2.24, 2.45) is 0 Å². The fourth-order valence-corrected chi connectivity index (χ4v) is 0.270. The first-order valence-corrected chi connectivity index (χ1v) is 3.70. The topological polar surface area (TPSA) is 135 Å². The Morgan fingerprint density at radius 1 is 0.857 bits per heavy atom. The predicted molar refractivity (Wildman–Crippen MR) is 44.6 cm³/mol. The number of hydrogen-bond acceptors (Lipinski definition) is 5. The molecule has 0 rings (SSSR count). The van der Waals surface area contributed by atoms with Gasteiger partial charge in [-0.05, 0) is 13.8 Å². The highest BCUT2D eigenvalue weighted by atomic mass is 16.4. The molecular formula is C7H14O7. The van der Waals surface area contributed by atoms with E-state index in [2.05, 4.69) is 0 Å². The van der Waals surface area contributed by atoms with E-state index in [1.54, 1.807) is 13.8 Å². The molecule has 0 aliphatic heterocycles. The maximum Gasteiger partial charge on any atom is 0.335 e. The third-order valence-electron chi connectivity index (χ3n) is 0.805. The molecule has 0 saturated heterocycles. The van der Waals surface area contributed by atoms with Gasteiger partial charge in [0.05, 0.1) is 0 Å². The summed E-state index contributed by atoms with van der Waals surface area (Å²) in [4.78, 5) is 19.5. The van der Waals surface area contributed by atoms with Crippen LogP contribution in [0, 0.1) is 0 Å². The van der Waals surface area contributed by atoms with Crippen LogP contribution in [-0.4, -0.2) is 55.8 Å². The Morgan fingerprint density at radius 2 is 1.00 bits per heavy atom. The minimum Gasteiger partial charge on any atom is -0.479 e. The van der Waals surface area contributed by atoms with Gasteiger partial charge < -0.3 is 25.5 Å². The van der Waals surface area contributed by atoms with Crippen molar-refractivity contribution in [3.8, 4) is 0 Å². The van der Waals surface area contributed by atoms with E-state index in [1.807, 2.05) is 0 Å². The third-order valence-corrected chi connectivity index (χ3v) is 0.805. The Labute approximate surface area is 80.2 Å². The molecule has 0 amide bonds. The number of aliphatic hydroxyl groups excluding tert-OH is 3. The molecule has 0 saturated carbocycles. The average Bonchev–Trinajstić information content (AvgIpc) is 2.00. The number of aliphatic hydroxyl groups is 3. The molecule has 0 aromatic heterocycles. The minimum atomic E-state index is -2.27. The maximum atomic E-state index is 9.77. The first-order valence-electron chi connectivity index (χ1n) is 3.70. The summed E-state index contributed by atoms with van der Waals surface area (Å²) in [6.45, 7) is 3.44. The SMILES string of the molecule is CC(C)O.O=C(O)[C@@H](O)[C@H](O)C(=O)O. The molecule has 0 aromatic rings. The third kappa shape index (κ3) is 8.91. The van der Waals surface area contributed by atoms with E-state index in [0.29, 0.717) is 0 Å². The first-order chi connectivity index (χ1) is 6.20. The number of hydrogen-bond donors (Lipinski definition) is 5. The summed E-state index contributed by atoms with van der Waals surface area (Å²) in [5, 5.41) is 40.6.